The molecule has 2 saturated heterocycles. The van der Waals surface area contributed by atoms with Crippen LogP contribution in [-0.4, -0.2) is 24.7 Å². The molecule has 3 nitrogen and oxygen atoms in total. The van der Waals surface area contributed by atoms with Gasteiger partial charge in [-0.1, -0.05) is 24.6 Å². The minimum atomic E-state index is -4.50. The van der Waals surface area contributed by atoms with E-state index < -0.39 is 38.0 Å². The third kappa shape index (κ3) is 3.23. The van der Waals surface area contributed by atoms with Gasteiger partial charge in [0.1, 0.15) is 5.78 Å². The van der Waals surface area contributed by atoms with Crippen molar-refractivity contribution in [2.45, 2.75) is 55.2 Å². The predicted octanol–water partition coefficient (Wildman–Crippen LogP) is 3.56. The molecule has 0 amide bonds. The van der Waals surface area contributed by atoms with Gasteiger partial charge in [0.25, 0.3) is 0 Å². The Labute approximate surface area is 139 Å². The molecule has 7 heteroatoms. The first-order chi connectivity index (χ1) is 11.2. The first-order valence-electron chi connectivity index (χ1n) is 8.10. The number of sulfone groups is 1. The summed E-state index contributed by atoms with van der Waals surface area (Å²) >= 11 is 0. The van der Waals surface area contributed by atoms with Crippen LogP contribution in [0, 0.1) is 5.92 Å². The molecule has 1 aromatic rings. The lowest BCUT2D eigenvalue weighted by Gasteiger charge is -2.38. The number of hydrogen-bond acceptors (Lipinski definition) is 3. The summed E-state index contributed by atoms with van der Waals surface area (Å²) in [6.07, 6.45) is -2.32. The van der Waals surface area contributed by atoms with Gasteiger partial charge < -0.3 is 0 Å². The van der Waals surface area contributed by atoms with Gasteiger partial charge >= 0.3 is 6.18 Å². The lowest BCUT2D eigenvalue weighted by atomic mass is 9.84. The van der Waals surface area contributed by atoms with E-state index in [-0.39, 0.29) is 30.6 Å². The number of alkyl halides is 3. The second-order valence-corrected chi connectivity index (χ2v) is 9.24. The fourth-order valence-electron chi connectivity index (χ4n) is 3.95. The zero-order valence-electron chi connectivity index (χ0n) is 13.1. The van der Waals surface area contributed by atoms with E-state index in [9.17, 15) is 26.4 Å². The van der Waals surface area contributed by atoms with Crippen molar-refractivity contribution in [2.24, 2.45) is 5.92 Å². The molecule has 3 rings (SSSR count). The molecule has 0 N–H and O–H groups in total. The average Bonchev–Trinajstić information content (AvgIpc) is 2.45. The van der Waals surface area contributed by atoms with Crippen molar-refractivity contribution in [1.82, 2.24) is 0 Å². The zero-order valence-corrected chi connectivity index (χ0v) is 13.9. The summed E-state index contributed by atoms with van der Waals surface area (Å²) in [5.74, 6) is -0.733. The smallest absolute Gasteiger partial charge is 0.299 e. The molecule has 2 atom stereocenters. The SMILES string of the molecule is O=C(Cc1ccccc1C(F)(F)F)C1CC2CCCC(C1)S2(=O)=O. The molecule has 132 valence electrons. The first kappa shape index (κ1) is 17.5. The quantitative estimate of drug-likeness (QED) is 0.828. The largest absolute Gasteiger partial charge is 0.416 e. The number of Topliss-reactive ketones (excluding diaryl/α,β-unsaturated/α-hetero) is 1. The maximum atomic E-state index is 13.0. The summed E-state index contributed by atoms with van der Waals surface area (Å²) in [5, 5.41) is -1.01. The van der Waals surface area contributed by atoms with Crippen LogP contribution in [0.3, 0.4) is 0 Å². The van der Waals surface area contributed by atoms with Gasteiger partial charge in [0.2, 0.25) is 0 Å². The molecule has 0 radical (unpaired) electrons. The zero-order chi connectivity index (χ0) is 17.5. The molecule has 24 heavy (non-hydrogen) atoms. The van der Waals surface area contributed by atoms with Crippen LogP contribution in [0.2, 0.25) is 0 Å². The topological polar surface area (TPSA) is 51.2 Å². The van der Waals surface area contributed by atoms with E-state index in [2.05, 4.69) is 0 Å². The first-order valence-corrected chi connectivity index (χ1v) is 9.71. The van der Waals surface area contributed by atoms with Crippen LogP contribution in [0.4, 0.5) is 13.2 Å². The summed E-state index contributed by atoms with van der Waals surface area (Å²) in [7, 11) is -3.17. The number of carbonyl (C=O) groups excluding carboxylic acids is 1. The van der Waals surface area contributed by atoms with Gasteiger partial charge in [0.15, 0.2) is 9.84 Å². The fraction of sp³-hybridized carbons (Fsp3) is 0.588. The third-order valence-corrected chi connectivity index (χ3v) is 7.93. The highest BCUT2D eigenvalue weighted by molar-refractivity contribution is 7.92. The maximum Gasteiger partial charge on any atom is 0.416 e. The predicted molar refractivity (Wildman–Crippen MR) is 83.2 cm³/mol. The lowest BCUT2D eigenvalue weighted by Crippen LogP contribution is -2.45. The number of hydrogen-bond donors (Lipinski definition) is 0. The Morgan fingerprint density at radius 2 is 1.67 bits per heavy atom. The molecule has 2 aliphatic rings. The Morgan fingerprint density at radius 3 is 2.25 bits per heavy atom. The summed E-state index contributed by atoms with van der Waals surface area (Å²) in [6.45, 7) is 0. The van der Waals surface area contributed by atoms with Gasteiger partial charge in [-0.15, -0.1) is 0 Å². The minimum Gasteiger partial charge on any atom is -0.299 e. The van der Waals surface area contributed by atoms with Crippen molar-refractivity contribution in [1.29, 1.82) is 0 Å². The van der Waals surface area contributed by atoms with E-state index >= 15 is 0 Å². The van der Waals surface area contributed by atoms with Crippen molar-refractivity contribution in [2.75, 3.05) is 0 Å². The van der Waals surface area contributed by atoms with E-state index in [1.54, 1.807) is 0 Å². The van der Waals surface area contributed by atoms with Crippen LogP contribution in [0.25, 0.3) is 0 Å². The van der Waals surface area contributed by atoms with E-state index in [1.807, 2.05) is 0 Å². The fourth-order valence-corrected chi connectivity index (χ4v) is 6.49. The van der Waals surface area contributed by atoms with Crippen molar-refractivity contribution >= 4 is 15.6 Å². The second-order valence-electron chi connectivity index (χ2n) is 6.73. The Morgan fingerprint density at radius 1 is 1.08 bits per heavy atom. The van der Waals surface area contributed by atoms with E-state index in [0.29, 0.717) is 12.8 Å². The van der Waals surface area contributed by atoms with E-state index in [0.717, 1.165) is 12.5 Å². The maximum absolute atomic E-state index is 13.0. The highest BCUT2D eigenvalue weighted by Crippen LogP contribution is 2.40. The Kier molecular flexibility index (Phi) is 4.49. The van der Waals surface area contributed by atoms with Crippen molar-refractivity contribution in [3.05, 3.63) is 35.4 Å². The van der Waals surface area contributed by atoms with Gasteiger partial charge in [0, 0.05) is 12.3 Å². The average molecular weight is 360 g/mol. The van der Waals surface area contributed by atoms with Gasteiger partial charge in [-0.05, 0) is 37.3 Å². The number of carbonyl (C=O) groups is 1. The van der Waals surface area contributed by atoms with E-state index in [1.165, 1.54) is 18.2 Å². The van der Waals surface area contributed by atoms with Crippen LogP contribution in [0.1, 0.15) is 43.2 Å². The summed E-state index contributed by atoms with van der Waals surface area (Å²) in [6, 6.07) is 5.08. The number of halogens is 3. The second kappa shape index (κ2) is 6.17. The molecule has 2 bridgehead atoms. The van der Waals surface area contributed by atoms with Gasteiger partial charge in [-0.2, -0.15) is 13.2 Å². The molecule has 2 fully saturated rings. The molecule has 0 aliphatic carbocycles. The number of benzene rings is 1. The molecule has 2 unspecified atom stereocenters. The Bertz CT molecular complexity index is 720. The molecular formula is C17H19F3O3S. The molecule has 1 aromatic carbocycles. The highest BCUT2D eigenvalue weighted by Gasteiger charge is 2.46. The van der Waals surface area contributed by atoms with Crippen LogP contribution in [0.15, 0.2) is 24.3 Å². The number of fused-ring (bicyclic) bond motifs is 2. The molecule has 2 heterocycles. The molecule has 0 aromatic heterocycles. The molecule has 0 saturated carbocycles. The standard InChI is InChI=1S/C17H19F3O3S/c18-17(19,20)15-7-2-1-4-11(15)10-16(21)12-8-13-5-3-6-14(9-12)24(13,22)23/h1-2,4,7,12-14H,3,5-6,8-10H2. The molecule has 0 spiro atoms. The summed E-state index contributed by atoms with van der Waals surface area (Å²) < 4.78 is 63.6. The lowest BCUT2D eigenvalue weighted by molar-refractivity contribution is -0.138. The molecule has 2 aliphatic heterocycles. The Balaban J connectivity index is 1.78. The highest BCUT2D eigenvalue weighted by atomic mass is 32.2. The Hall–Kier alpha value is -1.37. The van der Waals surface area contributed by atoms with Crippen molar-refractivity contribution in [3.63, 3.8) is 0 Å². The van der Waals surface area contributed by atoms with Crippen LogP contribution < -0.4 is 0 Å². The van der Waals surface area contributed by atoms with Gasteiger partial charge in [-0.25, -0.2) is 8.42 Å². The molecular weight excluding hydrogens is 341 g/mol. The van der Waals surface area contributed by atoms with Crippen LogP contribution in [0.5, 0.6) is 0 Å². The third-order valence-electron chi connectivity index (χ3n) is 5.22. The normalized spacial score (nSPS) is 29.2. The van der Waals surface area contributed by atoms with Gasteiger partial charge in [0.05, 0.1) is 16.1 Å². The minimum absolute atomic E-state index is 0.0337. The number of rotatable bonds is 3. The van der Waals surface area contributed by atoms with Crippen LogP contribution >= 0.6 is 0 Å². The van der Waals surface area contributed by atoms with Crippen molar-refractivity contribution in [3.8, 4) is 0 Å². The summed E-state index contributed by atoms with van der Waals surface area (Å²) in [5.41, 5.74) is -0.824. The van der Waals surface area contributed by atoms with E-state index in [4.69, 9.17) is 0 Å². The van der Waals surface area contributed by atoms with Gasteiger partial charge in [-0.3, -0.25) is 4.79 Å². The van der Waals surface area contributed by atoms with Crippen LogP contribution in [-0.2, 0) is 27.2 Å². The number of ketones is 1. The summed E-state index contributed by atoms with van der Waals surface area (Å²) in [4.78, 5) is 12.5. The van der Waals surface area contributed by atoms with Crippen molar-refractivity contribution < 1.29 is 26.4 Å². The monoisotopic (exact) mass is 360 g/mol.